The molecule has 1 aromatic heterocycles. The van der Waals surface area contributed by atoms with Crippen molar-refractivity contribution in [1.29, 1.82) is 0 Å². The monoisotopic (exact) mass is 372 g/mol. The number of rotatable bonds is 6. The van der Waals surface area contributed by atoms with Crippen LogP contribution in [0.2, 0.25) is 0 Å². The van der Waals surface area contributed by atoms with Crippen LogP contribution in [0.3, 0.4) is 0 Å². The zero-order valence-electron chi connectivity index (χ0n) is 16.3. The van der Waals surface area contributed by atoms with Gasteiger partial charge in [-0.05, 0) is 37.8 Å². The molecule has 1 aliphatic rings. The number of carbonyl (C=O) groups excluding carboxylic acids is 1. The van der Waals surface area contributed by atoms with E-state index in [1.807, 2.05) is 45.0 Å². The number of aromatic nitrogens is 3. The van der Waals surface area contributed by atoms with Gasteiger partial charge in [0.05, 0.1) is 12.3 Å². The van der Waals surface area contributed by atoms with Gasteiger partial charge in [0.15, 0.2) is 0 Å². The second-order valence-electron chi connectivity index (χ2n) is 7.32. The number of hydrogen-bond acceptors (Lipinski definition) is 4. The third-order valence-corrected chi connectivity index (χ3v) is 4.67. The van der Waals surface area contributed by atoms with E-state index in [0.717, 1.165) is 19.3 Å². The maximum absolute atomic E-state index is 13.1. The van der Waals surface area contributed by atoms with E-state index in [9.17, 15) is 9.59 Å². The summed E-state index contributed by atoms with van der Waals surface area (Å²) in [6.07, 6.45) is 3.16. The Labute approximate surface area is 159 Å². The molecule has 0 fully saturated rings. The Bertz CT molecular complexity index is 853. The lowest BCUT2D eigenvalue weighted by Gasteiger charge is -2.18. The van der Waals surface area contributed by atoms with Crippen molar-refractivity contribution in [3.8, 4) is 5.75 Å². The fourth-order valence-electron chi connectivity index (χ4n) is 3.48. The Morgan fingerprint density at radius 3 is 2.85 bits per heavy atom. The van der Waals surface area contributed by atoms with Gasteiger partial charge in [0, 0.05) is 13.0 Å². The number of anilines is 1. The van der Waals surface area contributed by atoms with Crippen LogP contribution in [0.4, 0.5) is 5.69 Å². The highest BCUT2D eigenvalue weighted by Crippen LogP contribution is 2.27. The molecule has 3 rings (SSSR count). The first kappa shape index (κ1) is 19.2. The van der Waals surface area contributed by atoms with Crippen LogP contribution in [0.5, 0.6) is 5.75 Å². The molecule has 7 heteroatoms. The fraction of sp³-hybridized carbons (Fsp3) is 0.550. The lowest BCUT2D eigenvalue weighted by molar-refractivity contribution is -0.119. The molecule has 2 aromatic rings. The van der Waals surface area contributed by atoms with Crippen molar-refractivity contribution in [1.82, 2.24) is 14.3 Å². The van der Waals surface area contributed by atoms with Crippen molar-refractivity contribution in [3.05, 3.63) is 40.6 Å². The molecule has 0 aliphatic carbocycles. The van der Waals surface area contributed by atoms with Gasteiger partial charge >= 0.3 is 5.69 Å². The minimum absolute atomic E-state index is 0.196. The summed E-state index contributed by atoms with van der Waals surface area (Å²) >= 11 is 0. The largest absolute Gasteiger partial charge is 0.492 e. The van der Waals surface area contributed by atoms with E-state index < -0.39 is 6.04 Å². The van der Waals surface area contributed by atoms with Crippen LogP contribution in [0, 0.1) is 5.92 Å². The minimum atomic E-state index is -0.550. The SMILES string of the molecule is CCOc1ccccc1NC(=O)C1CCCCc2nn(CC(C)C)c(=O)n21. The Morgan fingerprint density at radius 1 is 1.33 bits per heavy atom. The summed E-state index contributed by atoms with van der Waals surface area (Å²) in [7, 11) is 0. The molecule has 0 saturated heterocycles. The van der Waals surface area contributed by atoms with Crippen LogP contribution in [0.25, 0.3) is 0 Å². The normalized spacial score (nSPS) is 16.7. The standard InChI is InChI=1S/C20H28N4O3/c1-4-27-17-11-7-5-9-15(17)21-19(25)16-10-6-8-12-18-22-23(13-14(2)3)20(26)24(16)18/h5,7,9,11,14,16H,4,6,8,10,12-13H2,1-3H3,(H,21,25). The smallest absolute Gasteiger partial charge is 0.346 e. The predicted molar refractivity (Wildman–Crippen MR) is 104 cm³/mol. The number of fused-ring (bicyclic) bond motifs is 1. The van der Waals surface area contributed by atoms with Gasteiger partial charge in [-0.15, -0.1) is 0 Å². The van der Waals surface area contributed by atoms with Crippen molar-refractivity contribution in [3.63, 3.8) is 0 Å². The van der Waals surface area contributed by atoms with Gasteiger partial charge in [-0.1, -0.05) is 32.4 Å². The summed E-state index contributed by atoms with van der Waals surface area (Å²) in [5.41, 5.74) is 0.427. The molecule has 2 heterocycles. The second-order valence-corrected chi connectivity index (χ2v) is 7.32. The maximum Gasteiger partial charge on any atom is 0.346 e. The molecule has 0 spiro atoms. The van der Waals surface area contributed by atoms with E-state index in [2.05, 4.69) is 10.4 Å². The van der Waals surface area contributed by atoms with E-state index in [0.29, 0.717) is 42.8 Å². The number of amides is 1. The van der Waals surface area contributed by atoms with E-state index >= 15 is 0 Å². The summed E-state index contributed by atoms with van der Waals surface area (Å²) in [5, 5.41) is 7.45. The molecule has 1 atom stereocenters. The van der Waals surface area contributed by atoms with E-state index in [1.165, 1.54) is 4.68 Å². The van der Waals surface area contributed by atoms with Gasteiger partial charge < -0.3 is 10.1 Å². The first-order valence-corrected chi connectivity index (χ1v) is 9.72. The van der Waals surface area contributed by atoms with E-state index in [4.69, 9.17) is 4.74 Å². The first-order valence-electron chi connectivity index (χ1n) is 9.72. The Kier molecular flexibility index (Phi) is 5.98. The highest BCUT2D eigenvalue weighted by molar-refractivity contribution is 5.95. The van der Waals surface area contributed by atoms with Crippen LogP contribution < -0.4 is 15.7 Å². The number of ether oxygens (including phenoxy) is 1. The predicted octanol–water partition coefficient (Wildman–Crippen LogP) is 3.01. The highest BCUT2D eigenvalue weighted by Gasteiger charge is 2.29. The molecular formula is C20H28N4O3. The molecule has 1 aliphatic heterocycles. The van der Waals surface area contributed by atoms with E-state index in [-0.39, 0.29) is 11.6 Å². The average molecular weight is 372 g/mol. The van der Waals surface area contributed by atoms with Crippen molar-refractivity contribution < 1.29 is 9.53 Å². The maximum atomic E-state index is 13.1. The Balaban J connectivity index is 1.90. The topological polar surface area (TPSA) is 78.2 Å². The molecule has 7 nitrogen and oxygen atoms in total. The fourth-order valence-corrected chi connectivity index (χ4v) is 3.48. The zero-order chi connectivity index (χ0) is 19.4. The van der Waals surface area contributed by atoms with Gasteiger partial charge in [-0.3, -0.25) is 9.36 Å². The summed E-state index contributed by atoms with van der Waals surface area (Å²) in [5.74, 6) is 1.45. The molecule has 1 amide bonds. The summed E-state index contributed by atoms with van der Waals surface area (Å²) in [4.78, 5) is 26.0. The third-order valence-electron chi connectivity index (χ3n) is 4.67. The Morgan fingerprint density at radius 2 is 2.11 bits per heavy atom. The number of carbonyl (C=O) groups is 1. The van der Waals surface area contributed by atoms with Crippen molar-refractivity contribution in [2.24, 2.45) is 5.92 Å². The van der Waals surface area contributed by atoms with Crippen molar-refractivity contribution >= 4 is 11.6 Å². The number of hydrogen-bond donors (Lipinski definition) is 1. The molecule has 1 N–H and O–H groups in total. The number of para-hydroxylation sites is 2. The number of benzene rings is 1. The highest BCUT2D eigenvalue weighted by atomic mass is 16.5. The lowest BCUT2D eigenvalue weighted by atomic mass is 10.1. The number of aryl methyl sites for hydroxylation is 1. The van der Waals surface area contributed by atoms with Crippen LogP contribution in [0.15, 0.2) is 29.1 Å². The van der Waals surface area contributed by atoms with Gasteiger partial charge in [-0.25, -0.2) is 9.48 Å². The summed E-state index contributed by atoms with van der Waals surface area (Å²) in [6, 6.07) is 6.80. The molecule has 1 aromatic carbocycles. The molecule has 146 valence electrons. The van der Waals surface area contributed by atoms with Crippen LogP contribution in [0.1, 0.15) is 51.9 Å². The quantitative estimate of drug-likeness (QED) is 0.845. The summed E-state index contributed by atoms with van der Waals surface area (Å²) in [6.45, 7) is 7.07. The summed E-state index contributed by atoms with van der Waals surface area (Å²) < 4.78 is 8.68. The van der Waals surface area contributed by atoms with Gasteiger partial charge in [0.2, 0.25) is 5.91 Å². The molecule has 27 heavy (non-hydrogen) atoms. The van der Waals surface area contributed by atoms with Crippen LogP contribution in [-0.4, -0.2) is 26.9 Å². The minimum Gasteiger partial charge on any atom is -0.492 e. The van der Waals surface area contributed by atoms with Gasteiger partial charge in [0.1, 0.15) is 17.6 Å². The van der Waals surface area contributed by atoms with Crippen LogP contribution >= 0.6 is 0 Å². The van der Waals surface area contributed by atoms with E-state index in [1.54, 1.807) is 4.57 Å². The lowest BCUT2D eigenvalue weighted by Crippen LogP contribution is -2.35. The second kappa shape index (κ2) is 8.41. The average Bonchev–Trinajstić information content (AvgIpc) is 2.81. The Hall–Kier alpha value is -2.57. The molecule has 1 unspecified atom stereocenters. The molecule has 0 radical (unpaired) electrons. The molecule has 0 saturated carbocycles. The van der Waals surface area contributed by atoms with Gasteiger partial charge in [0.25, 0.3) is 0 Å². The van der Waals surface area contributed by atoms with Gasteiger partial charge in [-0.2, -0.15) is 5.10 Å². The van der Waals surface area contributed by atoms with Crippen molar-refractivity contribution in [2.45, 2.75) is 59.0 Å². The van der Waals surface area contributed by atoms with Crippen molar-refractivity contribution in [2.75, 3.05) is 11.9 Å². The zero-order valence-corrected chi connectivity index (χ0v) is 16.3. The molecule has 0 bridgehead atoms. The molecular weight excluding hydrogens is 344 g/mol. The van der Waals surface area contributed by atoms with Crippen LogP contribution in [-0.2, 0) is 17.8 Å². The first-order chi connectivity index (χ1) is 13.0. The third kappa shape index (κ3) is 4.23. The number of nitrogens with zero attached hydrogens (tertiary/aromatic N) is 3. The number of nitrogens with one attached hydrogen (secondary N) is 1.